The first-order valence-corrected chi connectivity index (χ1v) is 14.1. The lowest BCUT2D eigenvalue weighted by Crippen LogP contribution is -2.38. The van der Waals surface area contributed by atoms with E-state index in [1.807, 2.05) is 19.1 Å². The molecule has 1 amide bonds. The Kier molecular flexibility index (Phi) is 8.41. The van der Waals surface area contributed by atoms with Crippen LogP contribution in [0.2, 0.25) is 0 Å². The summed E-state index contributed by atoms with van der Waals surface area (Å²) in [4.78, 5) is 13.1. The Labute approximate surface area is 227 Å². The third kappa shape index (κ3) is 6.45. The molecule has 1 heterocycles. The Bertz CT molecular complexity index is 1460. The standard InChI is InChI=1S/C25H23BrN4O5S2/c1-3-35-21-12-8-19(9-13-21)30(37(32,33)22-14-6-18(26)7-15-22)16-23(31)27-25-29-28-24(36-25)17-4-10-20(34-2)11-5-17/h4-15H,3,16H2,1-2H3,(H,27,29,31). The summed E-state index contributed by atoms with van der Waals surface area (Å²) in [5.74, 6) is 0.742. The average Bonchev–Trinajstić information content (AvgIpc) is 3.36. The molecule has 3 aromatic carbocycles. The lowest BCUT2D eigenvalue weighted by molar-refractivity contribution is -0.114. The quantitative estimate of drug-likeness (QED) is 0.265. The molecule has 0 spiro atoms. The third-order valence-electron chi connectivity index (χ3n) is 5.13. The molecule has 0 fully saturated rings. The van der Waals surface area contributed by atoms with Gasteiger partial charge in [0.15, 0.2) is 0 Å². The molecule has 4 rings (SSSR count). The summed E-state index contributed by atoms with van der Waals surface area (Å²) in [7, 11) is -2.48. The molecular weight excluding hydrogens is 580 g/mol. The van der Waals surface area contributed by atoms with Gasteiger partial charge in [0.2, 0.25) is 11.0 Å². The van der Waals surface area contributed by atoms with Crippen LogP contribution < -0.4 is 19.1 Å². The van der Waals surface area contributed by atoms with E-state index in [1.54, 1.807) is 55.6 Å². The van der Waals surface area contributed by atoms with Crippen LogP contribution in [0.3, 0.4) is 0 Å². The Balaban J connectivity index is 1.57. The highest BCUT2D eigenvalue weighted by Crippen LogP contribution is 2.29. The number of benzene rings is 3. The van der Waals surface area contributed by atoms with E-state index >= 15 is 0 Å². The molecule has 0 saturated carbocycles. The van der Waals surface area contributed by atoms with Crippen LogP contribution in [-0.4, -0.2) is 44.8 Å². The van der Waals surface area contributed by atoms with E-state index in [9.17, 15) is 13.2 Å². The van der Waals surface area contributed by atoms with Gasteiger partial charge in [0, 0.05) is 10.0 Å². The van der Waals surface area contributed by atoms with Crippen molar-refractivity contribution in [1.29, 1.82) is 0 Å². The Hall–Kier alpha value is -3.48. The first-order valence-electron chi connectivity index (χ1n) is 11.1. The molecule has 1 N–H and O–H groups in total. The number of anilines is 2. The molecular formula is C25H23BrN4O5S2. The first kappa shape index (κ1) is 26.6. The lowest BCUT2D eigenvalue weighted by atomic mass is 10.2. The average molecular weight is 604 g/mol. The predicted octanol–water partition coefficient (Wildman–Crippen LogP) is 5.21. The van der Waals surface area contributed by atoms with Crippen LogP contribution in [0.5, 0.6) is 11.5 Å². The predicted molar refractivity (Wildman–Crippen MR) is 147 cm³/mol. The number of halogens is 1. The van der Waals surface area contributed by atoms with Crippen molar-refractivity contribution in [3.05, 3.63) is 77.3 Å². The molecule has 0 aliphatic carbocycles. The molecule has 0 bridgehead atoms. The molecule has 0 radical (unpaired) electrons. The van der Waals surface area contributed by atoms with Crippen molar-refractivity contribution in [2.75, 3.05) is 29.9 Å². The maximum atomic E-state index is 13.5. The zero-order valence-electron chi connectivity index (χ0n) is 19.9. The zero-order valence-corrected chi connectivity index (χ0v) is 23.1. The van der Waals surface area contributed by atoms with E-state index in [1.165, 1.54) is 23.5 Å². The third-order valence-corrected chi connectivity index (χ3v) is 8.34. The van der Waals surface area contributed by atoms with Gasteiger partial charge in [0.1, 0.15) is 23.1 Å². The summed E-state index contributed by atoms with van der Waals surface area (Å²) in [6, 6.07) is 20.0. The Morgan fingerprint density at radius 2 is 1.62 bits per heavy atom. The number of carbonyl (C=O) groups is 1. The second kappa shape index (κ2) is 11.7. The van der Waals surface area contributed by atoms with Crippen LogP contribution in [0, 0.1) is 0 Å². The number of amides is 1. The molecule has 9 nitrogen and oxygen atoms in total. The molecule has 0 unspecified atom stereocenters. The number of methoxy groups -OCH3 is 1. The monoisotopic (exact) mass is 602 g/mol. The second-order valence-electron chi connectivity index (χ2n) is 7.58. The van der Waals surface area contributed by atoms with Crippen molar-refractivity contribution < 1.29 is 22.7 Å². The van der Waals surface area contributed by atoms with Gasteiger partial charge in [-0.15, -0.1) is 10.2 Å². The molecule has 0 saturated heterocycles. The van der Waals surface area contributed by atoms with E-state index in [4.69, 9.17) is 9.47 Å². The van der Waals surface area contributed by atoms with Crippen molar-refractivity contribution in [2.24, 2.45) is 0 Å². The topological polar surface area (TPSA) is 111 Å². The second-order valence-corrected chi connectivity index (χ2v) is 11.3. The summed E-state index contributed by atoms with van der Waals surface area (Å²) >= 11 is 4.49. The lowest BCUT2D eigenvalue weighted by Gasteiger charge is -2.24. The molecule has 192 valence electrons. The molecule has 0 aliphatic heterocycles. The van der Waals surface area contributed by atoms with E-state index in [0.29, 0.717) is 28.8 Å². The Morgan fingerprint density at radius 3 is 2.24 bits per heavy atom. The number of nitrogens with zero attached hydrogens (tertiary/aromatic N) is 3. The number of ether oxygens (including phenoxy) is 2. The maximum Gasteiger partial charge on any atom is 0.264 e. The number of aromatic nitrogens is 2. The van der Waals surface area contributed by atoms with E-state index in [0.717, 1.165) is 14.3 Å². The van der Waals surface area contributed by atoms with Gasteiger partial charge < -0.3 is 9.47 Å². The maximum absolute atomic E-state index is 13.5. The minimum absolute atomic E-state index is 0.0510. The number of hydrogen-bond donors (Lipinski definition) is 1. The van der Waals surface area contributed by atoms with Gasteiger partial charge in [-0.05, 0) is 79.7 Å². The molecule has 12 heteroatoms. The highest BCUT2D eigenvalue weighted by molar-refractivity contribution is 9.10. The molecule has 0 atom stereocenters. The number of nitrogens with one attached hydrogen (secondary N) is 1. The van der Waals surface area contributed by atoms with Crippen molar-refractivity contribution in [3.8, 4) is 22.1 Å². The van der Waals surface area contributed by atoms with E-state index < -0.39 is 22.5 Å². The number of carbonyl (C=O) groups excluding carboxylic acids is 1. The van der Waals surface area contributed by atoms with Gasteiger partial charge in [0.25, 0.3) is 10.0 Å². The van der Waals surface area contributed by atoms with Crippen LogP contribution in [0.15, 0.2) is 82.2 Å². The van der Waals surface area contributed by atoms with E-state index in [-0.39, 0.29) is 10.0 Å². The molecule has 1 aromatic heterocycles. The fourth-order valence-corrected chi connectivity index (χ4v) is 5.79. The first-order chi connectivity index (χ1) is 17.8. The van der Waals surface area contributed by atoms with Crippen molar-refractivity contribution in [2.45, 2.75) is 11.8 Å². The minimum Gasteiger partial charge on any atom is -0.497 e. The van der Waals surface area contributed by atoms with Gasteiger partial charge in [-0.25, -0.2) is 8.42 Å². The smallest absolute Gasteiger partial charge is 0.264 e. The summed E-state index contributed by atoms with van der Waals surface area (Å²) in [6.45, 7) is 1.86. The number of sulfonamides is 1. The summed E-state index contributed by atoms with van der Waals surface area (Å²) in [5, 5.41) is 11.7. The number of hydrogen-bond acceptors (Lipinski definition) is 8. The summed E-state index contributed by atoms with van der Waals surface area (Å²) in [6.07, 6.45) is 0. The van der Waals surface area contributed by atoms with Gasteiger partial charge in [-0.1, -0.05) is 27.3 Å². The fourth-order valence-electron chi connectivity index (χ4n) is 3.34. The van der Waals surface area contributed by atoms with Gasteiger partial charge in [-0.3, -0.25) is 14.4 Å². The molecule has 0 aliphatic rings. The van der Waals surface area contributed by atoms with Crippen LogP contribution >= 0.6 is 27.3 Å². The SMILES string of the molecule is CCOc1ccc(N(CC(=O)Nc2nnc(-c3ccc(OC)cc3)s2)S(=O)(=O)c2ccc(Br)cc2)cc1. The summed E-state index contributed by atoms with van der Waals surface area (Å²) in [5.41, 5.74) is 1.13. The van der Waals surface area contributed by atoms with Crippen molar-refractivity contribution in [1.82, 2.24) is 10.2 Å². The summed E-state index contributed by atoms with van der Waals surface area (Å²) < 4.78 is 39.5. The van der Waals surface area contributed by atoms with Crippen molar-refractivity contribution in [3.63, 3.8) is 0 Å². The normalized spacial score (nSPS) is 11.1. The molecule has 4 aromatic rings. The van der Waals surface area contributed by atoms with E-state index in [2.05, 4.69) is 31.4 Å². The van der Waals surface area contributed by atoms with Crippen LogP contribution in [-0.2, 0) is 14.8 Å². The van der Waals surface area contributed by atoms with Gasteiger partial charge in [0.05, 0.1) is 24.3 Å². The number of rotatable bonds is 10. The zero-order chi connectivity index (χ0) is 26.4. The van der Waals surface area contributed by atoms with Crippen molar-refractivity contribution >= 4 is 54.0 Å². The van der Waals surface area contributed by atoms with Crippen LogP contribution in [0.25, 0.3) is 10.6 Å². The molecule has 37 heavy (non-hydrogen) atoms. The Morgan fingerprint density at radius 1 is 0.973 bits per heavy atom. The van der Waals surface area contributed by atoms with Gasteiger partial charge >= 0.3 is 0 Å². The van der Waals surface area contributed by atoms with Crippen LogP contribution in [0.1, 0.15) is 6.92 Å². The fraction of sp³-hybridized carbons (Fsp3) is 0.160. The van der Waals surface area contributed by atoms with Crippen LogP contribution in [0.4, 0.5) is 10.8 Å². The van der Waals surface area contributed by atoms with Gasteiger partial charge in [-0.2, -0.15) is 0 Å². The minimum atomic E-state index is -4.06. The highest BCUT2D eigenvalue weighted by Gasteiger charge is 2.28. The highest BCUT2D eigenvalue weighted by atomic mass is 79.9. The largest absolute Gasteiger partial charge is 0.497 e.